The van der Waals surface area contributed by atoms with Crippen molar-refractivity contribution in [1.29, 1.82) is 0 Å². The fourth-order valence-corrected chi connectivity index (χ4v) is 3.37. The number of ether oxygens (including phenoxy) is 3. The summed E-state index contributed by atoms with van der Waals surface area (Å²) in [7, 11) is 4.69. The van der Waals surface area contributed by atoms with Gasteiger partial charge in [-0.2, -0.15) is 0 Å². The quantitative estimate of drug-likeness (QED) is 0.517. The van der Waals surface area contributed by atoms with Gasteiger partial charge in [-0.25, -0.2) is 0 Å². The smallest absolute Gasteiger partial charge is 0.203 e. The number of carbonyl (C=O) groups excluding carboxylic acids is 1. The van der Waals surface area contributed by atoms with Gasteiger partial charge in [0.05, 0.1) is 26.2 Å². The molecule has 0 saturated heterocycles. The number of benzene rings is 1. The molecule has 1 aromatic carbocycles. The van der Waals surface area contributed by atoms with Gasteiger partial charge in [-0.15, -0.1) is 11.3 Å². The molecule has 0 radical (unpaired) electrons. The van der Waals surface area contributed by atoms with Crippen molar-refractivity contribution in [1.82, 2.24) is 0 Å². The predicted molar refractivity (Wildman–Crippen MR) is 97.8 cm³/mol. The second kappa shape index (κ2) is 8.55. The average Bonchev–Trinajstić information content (AvgIpc) is 3.07. The molecule has 0 bridgehead atoms. The Hall–Kier alpha value is -2.27. The van der Waals surface area contributed by atoms with E-state index in [1.807, 2.05) is 24.3 Å². The fourth-order valence-electron chi connectivity index (χ4n) is 2.34. The van der Waals surface area contributed by atoms with Crippen LogP contribution < -0.4 is 14.2 Å². The Bertz CT molecular complexity index is 706. The summed E-state index contributed by atoms with van der Waals surface area (Å²) in [6.07, 6.45) is 5.41. The summed E-state index contributed by atoms with van der Waals surface area (Å²) in [6, 6.07) is 7.52. The number of methoxy groups -OCH3 is 3. The molecule has 0 N–H and O–H groups in total. The number of ketones is 1. The van der Waals surface area contributed by atoms with Gasteiger partial charge < -0.3 is 14.2 Å². The van der Waals surface area contributed by atoms with Crippen molar-refractivity contribution < 1.29 is 19.0 Å². The predicted octanol–water partition coefficient (Wildman–Crippen LogP) is 4.62. The van der Waals surface area contributed by atoms with Gasteiger partial charge in [-0.1, -0.05) is 19.4 Å². The standard InChI is InChI=1S/C19H22O4S/c1-5-6-14-8-10-18(24-14)15(20)9-7-13-11-16(21-2)19(23-4)17(12-13)22-3/h7-12H,5-6H2,1-4H3/b9-7+. The Labute approximate surface area is 146 Å². The SMILES string of the molecule is CCCc1ccc(C(=O)/C=C/c2cc(OC)c(OC)c(OC)c2)s1. The first-order chi connectivity index (χ1) is 11.6. The fraction of sp³-hybridized carbons (Fsp3) is 0.316. The van der Waals surface area contributed by atoms with Crippen LogP contribution in [0.1, 0.15) is 33.5 Å². The summed E-state index contributed by atoms with van der Waals surface area (Å²) in [5.74, 6) is 1.65. The van der Waals surface area contributed by atoms with Gasteiger partial charge in [0.15, 0.2) is 17.3 Å². The molecular weight excluding hydrogens is 324 g/mol. The van der Waals surface area contributed by atoms with E-state index in [0.29, 0.717) is 17.2 Å². The first-order valence-corrected chi connectivity index (χ1v) is 8.55. The summed E-state index contributed by atoms with van der Waals surface area (Å²) in [5.41, 5.74) is 0.809. The van der Waals surface area contributed by atoms with Gasteiger partial charge >= 0.3 is 0 Å². The van der Waals surface area contributed by atoms with E-state index in [9.17, 15) is 4.79 Å². The van der Waals surface area contributed by atoms with Gasteiger partial charge in [0.2, 0.25) is 5.75 Å². The van der Waals surface area contributed by atoms with Crippen LogP contribution in [0, 0.1) is 0 Å². The van der Waals surface area contributed by atoms with Crippen LogP contribution in [0.2, 0.25) is 0 Å². The Morgan fingerprint density at radius 2 is 1.75 bits per heavy atom. The third-order valence-corrected chi connectivity index (χ3v) is 4.67. The summed E-state index contributed by atoms with van der Waals surface area (Å²) in [6.45, 7) is 2.13. The molecule has 0 saturated carbocycles. The molecule has 24 heavy (non-hydrogen) atoms. The van der Waals surface area contributed by atoms with Gasteiger partial charge in [-0.3, -0.25) is 4.79 Å². The number of hydrogen-bond acceptors (Lipinski definition) is 5. The minimum atomic E-state index is -0.00361. The first-order valence-electron chi connectivity index (χ1n) is 7.74. The third-order valence-electron chi connectivity index (χ3n) is 3.52. The lowest BCUT2D eigenvalue weighted by Gasteiger charge is -2.12. The van der Waals surface area contributed by atoms with Crippen molar-refractivity contribution in [3.63, 3.8) is 0 Å². The van der Waals surface area contributed by atoms with Crippen LogP contribution in [0.4, 0.5) is 0 Å². The molecule has 128 valence electrons. The maximum absolute atomic E-state index is 12.3. The molecule has 0 atom stereocenters. The lowest BCUT2D eigenvalue weighted by molar-refractivity contribution is 0.105. The maximum Gasteiger partial charge on any atom is 0.203 e. The van der Waals surface area contributed by atoms with Crippen LogP contribution in [0.25, 0.3) is 6.08 Å². The molecule has 0 aliphatic rings. The van der Waals surface area contributed by atoms with Gasteiger partial charge in [0.25, 0.3) is 0 Å². The van der Waals surface area contributed by atoms with E-state index in [1.54, 1.807) is 44.8 Å². The van der Waals surface area contributed by atoms with E-state index < -0.39 is 0 Å². The highest BCUT2D eigenvalue weighted by Gasteiger charge is 2.12. The van der Waals surface area contributed by atoms with E-state index in [4.69, 9.17) is 14.2 Å². The molecule has 2 rings (SSSR count). The zero-order valence-corrected chi connectivity index (χ0v) is 15.2. The Morgan fingerprint density at radius 3 is 2.29 bits per heavy atom. The number of allylic oxidation sites excluding steroid dienone is 1. The van der Waals surface area contributed by atoms with Crippen molar-refractivity contribution >= 4 is 23.2 Å². The van der Waals surface area contributed by atoms with Crippen molar-refractivity contribution in [3.05, 3.63) is 45.7 Å². The van der Waals surface area contributed by atoms with Crippen LogP contribution in [0.5, 0.6) is 17.2 Å². The van der Waals surface area contributed by atoms with E-state index in [-0.39, 0.29) is 5.78 Å². The van der Waals surface area contributed by atoms with Crippen LogP contribution in [-0.4, -0.2) is 27.1 Å². The molecule has 0 fully saturated rings. The average molecular weight is 346 g/mol. The van der Waals surface area contributed by atoms with Gasteiger partial charge in [-0.05, 0) is 42.3 Å². The summed E-state index contributed by atoms with van der Waals surface area (Å²) < 4.78 is 15.9. The summed E-state index contributed by atoms with van der Waals surface area (Å²) in [5, 5.41) is 0. The highest BCUT2D eigenvalue weighted by Crippen LogP contribution is 2.38. The van der Waals surface area contributed by atoms with E-state index >= 15 is 0 Å². The lowest BCUT2D eigenvalue weighted by Crippen LogP contribution is -1.96. The minimum Gasteiger partial charge on any atom is -0.493 e. The second-order valence-electron chi connectivity index (χ2n) is 5.17. The number of thiophene rings is 1. The Balaban J connectivity index is 2.22. The largest absolute Gasteiger partial charge is 0.493 e. The van der Waals surface area contributed by atoms with Crippen LogP contribution in [-0.2, 0) is 6.42 Å². The van der Waals surface area contributed by atoms with E-state index in [0.717, 1.165) is 23.3 Å². The van der Waals surface area contributed by atoms with Crippen molar-refractivity contribution in [2.75, 3.05) is 21.3 Å². The molecule has 0 aliphatic heterocycles. The molecule has 5 heteroatoms. The minimum absolute atomic E-state index is 0.00361. The van der Waals surface area contributed by atoms with E-state index in [1.165, 1.54) is 4.88 Å². The third kappa shape index (κ3) is 4.17. The zero-order chi connectivity index (χ0) is 17.5. The van der Waals surface area contributed by atoms with Crippen LogP contribution in [0.3, 0.4) is 0 Å². The lowest BCUT2D eigenvalue weighted by atomic mass is 10.1. The number of hydrogen-bond donors (Lipinski definition) is 0. The summed E-state index contributed by atoms with van der Waals surface area (Å²) in [4.78, 5) is 14.3. The molecule has 1 aromatic heterocycles. The molecule has 2 aromatic rings. The zero-order valence-electron chi connectivity index (χ0n) is 14.4. The highest BCUT2D eigenvalue weighted by atomic mass is 32.1. The molecule has 0 aliphatic carbocycles. The molecular formula is C19H22O4S. The number of rotatable bonds is 8. The molecule has 0 unspecified atom stereocenters. The molecule has 4 nitrogen and oxygen atoms in total. The van der Waals surface area contributed by atoms with E-state index in [2.05, 4.69) is 6.92 Å². The number of aryl methyl sites for hydroxylation is 1. The monoisotopic (exact) mass is 346 g/mol. The molecule has 1 heterocycles. The maximum atomic E-state index is 12.3. The Morgan fingerprint density at radius 1 is 1.08 bits per heavy atom. The van der Waals surface area contributed by atoms with Gasteiger partial charge in [0, 0.05) is 4.88 Å². The Kier molecular flexibility index (Phi) is 6.44. The first kappa shape index (κ1) is 18.1. The second-order valence-corrected chi connectivity index (χ2v) is 6.34. The highest BCUT2D eigenvalue weighted by molar-refractivity contribution is 7.14. The van der Waals surface area contributed by atoms with Crippen molar-refractivity contribution in [3.8, 4) is 17.2 Å². The molecule has 0 spiro atoms. The molecule has 0 amide bonds. The van der Waals surface area contributed by atoms with Crippen LogP contribution >= 0.6 is 11.3 Å². The van der Waals surface area contributed by atoms with Crippen LogP contribution in [0.15, 0.2) is 30.3 Å². The normalized spacial score (nSPS) is 10.8. The topological polar surface area (TPSA) is 44.8 Å². The van der Waals surface area contributed by atoms with Crippen molar-refractivity contribution in [2.24, 2.45) is 0 Å². The van der Waals surface area contributed by atoms with Crippen molar-refractivity contribution in [2.45, 2.75) is 19.8 Å². The number of carbonyl (C=O) groups is 1. The van der Waals surface area contributed by atoms with Gasteiger partial charge in [0.1, 0.15) is 0 Å². The summed E-state index contributed by atoms with van der Waals surface area (Å²) >= 11 is 1.55.